The minimum atomic E-state index is -0.332. The minimum Gasteiger partial charge on any atom is -0.369 e. The van der Waals surface area contributed by atoms with E-state index in [9.17, 15) is 9.59 Å². The van der Waals surface area contributed by atoms with E-state index in [1.807, 2.05) is 0 Å². The third-order valence-electron chi connectivity index (χ3n) is 3.18. The van der Waals surface area contributed by atoms with Crippen molar-refractivity contribution in [2.45, 2.75) is 31.7 Å². The highest BCUT2D eigenvalue weighted by molar-refractivity contribution is 5.90. The van der Waals surface area contributed by atoms with E-state index in [0.717, 1.165) is 12.8 Å². The van der Waals surface area contributed by atoms with Crippen LogP contribution in [0.2, 0.25) is 0 Å². The summed E-state index contributed by atoms with van der Waals surface area (Å²) in [4.78, 5) is 26.5. The van der Waals surface area contributed by atoms with E-state index in [1.54, 1.807) is 0 Å². The van der Waals surface area contributed by atoms with Gasteiger partial charge >= 0.3 is 0 Å². The molecule has 1 fully saturated rings. The molecule has 1 heterocycles. The summed E-state index contributed by atoms with van der Waals surface area (Å²) < 4.78 is 0. The molecule has 0 saturated heterocycles. The lowest BCUT2D eigenvalue weighted by Crippen LogP contribution is -2.40. The normalized spacial score (nSPS) is 23.6. The van der Waals surface area contributed by atoms with E-state index in [1.165, 1.54) is 0 Å². The van der Waals surface area contributed by atoms with Gasteiger partial charge in [-0.25, -0.2) is 0 Å². The molecule has 0 spiro atoms. The van der Waals surface area contributed by atoms with Gasteiger partial charge in [-0.15, -0.1) is 5.10 Å². The highest BCUT2D eigenvalue weighted by atomic mass is 16.2. The van der Waals surface area contributed by atoms with Gasteiger partial charge in [0, 0.05) is 12.0 Å². The largest absolute Gasteiger partial charge is 0.369 e. The number of aromatic nitrogens is 3. The van der Waals surface area contributed by atoms with Crippen LogP contribution < -0.4 is 16.8 Å². The van der Waals surface area contributed by atoms with Crippen molar-refractivity contribution in [3.8, 4) is 0 Å². The molecule has 8 nitrogen and oxygen atoms in total. The fourth-order valence-electron chi connectivity index (χ4n) is 2.15. The Bertz CT molecular complexity index is 449. The summed E-state index contributed by atoms with van der Waals surface area (Å²) in [7, 11) is 0. The number of anilines is 1. The number of hydrogen-bond donors (Lipinski definition) is 4. The molecule has 98 valence electrons. The molecule has 0 aliphatic heterocycles. The zero-order chi connectivity index (χ0) is 13.1. The van der Waals surface area contributed by atoms with Gasteiger partial charge in [0.25, 0.3) is 5.91 Å². The fourth-order valence-corrected chi connectivity index (χ4v) is 2.15. The topological polar surface area (TPSA) is 140 Å². The van der Waals surface area contributed by atoms with E-state index in [-0.39, 0.29) is 35.5 Å². The van der Waals surface area contributed by atoms with Gasteiger partial charge in [0.15, 0.2) is 0 Å². The lowest BCUT2D eigenvalue weighted by atomic mass is 9.85. The maximum Gasteiger partial charge on any atom is 0.288 e. The first-order valence-electron chi connectivity index (χ1n) is 5.84. The second kappa shape index (κ2) is 5.03. The number of rotatable bonds is 3. The summed E-state index contributed by atoms with van der Waals surface area (Å²) in [5, 5.41) is 8.86. The molecule has 1 aliphatic carbocycles. The zero-order valence-electron chi connectivity index (χ0n) is 9.85. The summed E-state index contributed by atoms with van der Waals surface area (Å²) >= 11 is 0. The molecule has 1 aliphatic rings. The summed E-state index contributed by atoms with van der Waals surface area (Å²) in [5.74, 6) is -0.523. The highest BCUT2D eigenvalue weighted by Crippen LogP contribution is 2.23. The molecule has 6 N–H and O–H groups in total. The van der Waals surface area contributed by atoms with Gasteiger partial charge in [-0.1, -0.05) is 0 Å². The Hall–Kier alpha value is -2.12. The van der Waals surface area contributed by atoms with Crippen molar-refractivity contribution in [2.24, 2.45) is 11.7 Å². The molecular weight excluding hydrogens is 236 g/mol. The third-order valence-corrected chi connectivity index (χ3v) is 3.18. The number of carbonyl (C=O) groups is 2. The minimum absolute atomic E-state index is 0.0394. The molecule has 0 radical (unpaired) electrons. The van der Waals surface area contributed by atoms with Gasteiger partial charge in [0.2, 0.25) is 17.7 Å². The number of aromatic amines is 1. The van der Waals surface area contributed by atoms with E-state index in [4.69, 9.17) is 11.5 Å². The number of primary amides is 1. The maximum absolute atomic E-state index is 11.7. The van der Waals surface area contributed by atoms with Crippen molar-refractivity contribution in [2.75, 3.05) is 5.73 Å². The second-order valence-corrected chi connectivity index (χ2v) is 4.47. The van der Waals surface area contributed by atoms with Gasteiger partial charge in [-0.05, 0) is 25.7 Å². The summed E-state index contributed by atoms with van der Waals surface area (Å²) in [6.07, 6.45) is 2.89. The van der Waals surface area contributed by atoms with Crippen molar-refractivity contribution >= 4 is 17.8 Å². The van der Waals surface area contributed by atoms with Gasteiger partial charge in [0.05, 0.1) is 0 Å². The number of H-pyrrole nitrogens is 1. The van der Waals surface area contributed by atoms with E-state index in [0.29, 0.717) is 12.8 Å². The van der Waals surface area contributed by atoms with Crippen molar-refractivity contribution in [1.82, 2.24) is 20.5 Å². The Balaban J connectivity index is 1.85. The lowest BCUT2D eigenvalue weighted by Gasteiger charge is -2.26. The SMILES string of the molecule is NC(=O)C1CCC(NC(=O)c2nc(N)n[nH]2)CC1. The average Bonchev–Trinajstić information content (AvgIpc) is 2.76. The molecule has 2 amide bonds. The van der Waals surface area contributed by atoms with Crippen LogP contribution in [-0.2, 0) is 4.79 Å². The molecule has 0 aromatic carbocycles. The third kappa shape index (κ3) is 2.76. The van der Waals surface area contributed by atoms with Gasteiger partial charge in [0.1, 0.15) is 0 Å². The number of nitrogen functional groups attached to an aromatic ring is 1. The van der Waals surface area contributed by atoms with Crippen LogP contribution >= 0.6 is 0 Å². The van der Waals surface area contributed by atoms with E-state index in [2.05, 4.69) is 20.5 Å². The molecule has 1 aromatic rings. The van der Waals surface area contributed by atoms with Crippen LogP contribution in [0.15, 0.2) is 0 Å². The monoisotopic (exact) mass is 252 g/mol. The first-order chi connectivity index (χ1) is 8.56. The second-order valence-electron chi connectivity index (χ2n) is 4.47. The predicted octanol–water partition coefficient (Wildman–Crippen LogP) is -0.839. The van der Waals surface area contributed by atoms with Crippen molar-refractivity contribution in [3.05, 3.63) is 5.82 Å². The Morgan fingerprint density at radius 2 is 1.94 bits per heavy atom. The Kier molecular flexibility index (Phi) is 3.45. The molecule has 1 aromatic heterocycles. The predicted molar refractivity (Wildman–Crippen MR) is 63.2 cm³/mol. The number of nitrogens with zero attached hydrogens (tertiary/aromatic N) is 2. The van der Waals surface area contributed by atoms with Crippen molar-refractivity contribution in [3.63, 3.8) is 0 Å². The molecule has 0 bridgehead atoms. The molecule has 0 atom stereocenters. The van der Waals surface area contributed by atoms with Crippen LogP contribution in [0.1, 0.15) is 36.3 Å². The first kappa shape index (κ1) is 12.3. The van der Waals surface area contributed by atoms with E-state index < -0.39 is 0 Å². The number of carbonyl (C=O) groups excluding carboxylic acids is 2. The maximum atomic E-state index is 11.7. The number of nitrogens with two attached hydrogens (primary N) is 2. The van der Waals surface area contributed by atoms with Gasteiger partial charge in [-0.3, -0.25) is 14.7 Å². The molecule has 8 heteroatoms. The van der Waals surface area contributed by atoms with Crippen molar-refractivity contribution in [1.29, 1.82) is 0 Å². The quantitative estimate of drug-likeness (QED) is 0.555. The van der Waals surface area contributed by atoms with Crippen LogP contribution in [-0.4, -0.2) is 33.0 Å². The average molecular weight is 252 g/mol. The summed E-state index contributed by atoms with van der Waals surface area (Å²) in [5.41, 5.74) is 10.6. The van der Waals surface area contributed by atoms with Crippen LogP contribution in [0, 0.1) is 5.92 Å². The first-order valence-corrected chi connectivity index (χ1v) is 5.84. The summed E-state index contributed by atoms with van der Waals surface area (Å²) in [6, 6.07) is 0.0411. The number of amides is 2. The molecule has 0 unspecified atom stereocenters. The number of hydrogen-bond acceptors (Lipinski definition) is 5. The smallest absolute Gasteiger partial charge is 0.288 e. The van der Waals surface area contributed by atoms with Crippen LogP contribution in [0.4, 0.5) is 5.95 Å². The van der Waals surface area contributed by atoms with Gasteiger partial charge < -0.3 is 16.8 Å². The van der Waals surface area contributed by atoms with Gasteiger partial charge in [-0.2, -0.15) is 4.98 Å². The van der Waals surface area contributed by atoms with Crippen molar-refractivity contribution < 1.29 is 9.59 Å². The lowest BCUT2D eigenvalue weighted by molar-refractivity contribution is -0.122. The molecule has 1 saturated carbocycles. The van der Waals surface area contributed by atoms with Crippen LogP contribution in [0.5, 0.6) is 0 Å². The number of nitrogens with one attached hydrogen (secondary N) is 2. The highest BCUT2D eigenvalue weighted by Gasteiger charge is 2.26. The molecular formula is C10H16N6O2. The molecule has 18 heavy (non-hydrogen) atoms. The zero-order valence-corrected chi connectivity index (χ0v) is 9.85. The van der Waals surface area contributed by atoms with E-state index >= 15 is 0 Å². The Labute approximate surface area is 104 Å². The summed E-state index contributed by atoms with van der Waals surface area (Å²) in [6.45, 7) is 0. The standard InChI is InChI=1S/C10H16N6O2/c11-7(17)5-1-3-6(4-2-5)13-9(18)8-14-10(12)16-15-8/h5-6H,1-4H2,(H2,11,17)(H,13,18)(H3,12,14,15,16). The Morgan fingerprint density at radius 1 is 1.28 bits per heavy atom. The fraction of sp³-hybridized carbons (Fsp3) is 0.600. The molecule has 2 rings (SSSR count). The Morgan fingerprint density at radius 3 is 2.44 bits per heavy atom. The van der Waals surface area contributed by atoms with Crippen LogP contribution in [0.25, 0.3) is 0 Å². The van der Waals surface area contributed by atoms with Crippen LogP contribution in [0.3, 0.4) is 0 Å².